The first-order valence-corrected chi connectivity index (χ1v) is 7.18. The Balaban J connectivity index is 3.52. The number of carbonyl (C=O) groups excluding carboxylic acids is 1. The van der Waals surface area contributed by atoms with Crippen molar-refractivity contribution in [2.75, 3.05) is 0 Å². The fourth-order valence-electron chi connectivity index (χ4n) is 1.89. The largest absolute Gasteiger partial charge is 0.321 e. The zero-order valence-electron chi connectivity index (χ0n) is 12.2. The molecule has 0 rings (SSSR count). The molecular weight excluding hydrogens is 210 g/mol. The number of rotatable bonds is 9. The smallest absolute Gasteiger partial charge is 0.150 e. The predicted octanol–water partition coefficient (Wildman–Crippen LogP) is 4.07. The quantitative estimate of drug-likeness (QED) is 0.618. The summed E-state index contributed by atoms with van der Waals surface area (Å²) >= 11 is 0. The van der Waals surface area contributed by atoms with Crippen molar-refractivity contribution in [3.63, 3.8) is 0 Å². The molecule has 0 aromatic rings. The van der Waals surface area contributed by atoms with Crippen molar-refractivity contribution in [3.05, 3.63) is 0 Å². The third-order valence-corrected chi connectivity index (χ3v) is 3.31. The van der Waals surface area contributed by atoms with E-state index in [2.05, 4.69) is 6.92 Å². The molecule has 0 fully saturated rings. The molecule has 0 radical (unpaired) electrons. The molecule has 0 heterocycles. The van der Waals surface area contributed by atoms with Gasteiger partial charge in [-0.25, -0.2) is 0 Å². The van der Waals surface area contributed by atoms with Crippen LogP contribution in [0.3, 0.4) is 0 Å². The molecule has 1 unspecified atom stereocenters. The van der Waals surface area contributed by atoms with Crippen LogP contribution in [0.1, 0.15) is 79.1 Å². The number of Topliss-reactive ketones (excluding diaryl/α,β-unsaturated/α-hetero) is 1. The van der Waals surface area contributed by atoms with E-state index in [1.807, 2.05) is 20.8 Å². The summed E-state index contributed by atoms with van der Waals surface area (Å²) in [6, 6.07) is -0.303. The molecule has 2 nitrogen and oxygen atoms in total. The molecule has 0 aliphatic rings. The number of unbranched alkanes of at least 4 members (excludes halogenated alkanes) is 6. The SMILES string of the molecule is CCCCCCCCCC(=O)C(N)C(C)(C)C. The lowest BCUT2D eigenvalue weighted by Gasteiger charge is -2.25. The highest BCUT2D eigenvalue weighted by Gasteiger charge is 2.26. The van der Waals surface area contributed by atoms with Crippen molar-refractivity contribution >= 4 is 5.78 Å². The van der Waals surface area contributed by atoms with Gasteiger partial charge in [0.1, 0.15) is 5.78 Å². The lowest BCUT2D eigenvalue weighted by molar-refractivity contribution is -0.122. The Bertz CT molecular complexity index is 205. The molecule has 0 aromatic carbocycles. The fourth-order valence-corrected chi connectivity index (χ4v) is 1.89. The van der Waals surface area contributed by atoms with Crippen LogP contribution in [0.15, 0.2) is 0 Å². The van der Waals surface area contributed by atoms with E-state index < -0.39 is 0 Å². The Kier molecular flexibility index (Phi) is 8.49. The van der Waals surface area contributed by atoms with Gasteiger partial charge in [-0.2, -0.15) is 0 Å². The first-order valence-electron chi connectivity index (χ1n) is 7.18. The minimum absolute atomic E-state index is 0.0990. The molecule has 102 valence electrons. The van der Waals surface area contributed by atoms with E-state index in [0.29, 0.717) is 6.42 Å². The minimum Gasteiger partial charge on any atom is -0.321 e. The zero-order valence-corrected chi connectivity index (χ0v) is 12.2. The van der Waals surface area contributed by atoms with Crippen LogP contribution in [-0.2, 0) is 4.79 Å². The van der Waals surface area contributed by atoms with E-state index in [1.54, 1.807) is 0 Å². The van der Waals surface area contributed by atoms with E-state index in [0.717, 1.165) is 6.42 Å². The van der Waals surface area contributed by atoms with Crippen LogP contribution in [0.25, 0.3) is 0 Å². The highest BCUT2D eigenvalue weighted by atomic mass is 16.1. The van der Waals surface area contributed by atoms with Gasteiger partial charge in [-0.15, -0.1) is 0 Å². The maximum Gasteiger partial charge on any atom is 0.150 e. The van der Waals surface area contributed by atoms with Crippen molar-refractivity contribution in [1.82, 2.24) is 0 Å². The second kappa shape index (κ2) is 8.68. The van der Waals surface area contributed by atoms with Crippen LogP contribution in [0.2, 0.25) is 0 Å². The zero-order chi connectivity index (χ0) is 13.3. The van der Waals surface area contributed by atoms with Gasteiger partial charge in [-0.3, -0.25) is 4.79 Å². The Morgan fingerprint density at radius 2 is 1.47 bits per heavy atom. The monoisotopic (exact) mass is 241 g/mol. The van der Waals surface area contributed by atoms with Crippen molar-refractivity contribution < 1.29 is 4.79 Å². The van der Waals surface area contributed by atoms with Crippen molar-refractivity contribution in [1.29, 1.82) is 0 Å². The first kappa shape index (κ1) is 16.6. The molecule has 0 bridgehead atoms. The maximum atomic E-state index is 11.8. The summed E-state index contributed by atoms with van der Waals surface area (Å²) in [4.78, 5) is 11.8. The summed E-state index contributed by atoms with van der Waals surface area (Å²) in [6.07, 6.45) is 9.39. The van der Waals surface area contributed by atoms with Gasteiger partial charge in [0.2, 0.25) is 0 Å². The average Bonchev–Trinajstić information content (AvgIpc) is 2.25. The molecule has 2 N–H and O–H groups in total. The van der Waals surface area contributed by atoms with E-state index in [1.165, 1.54) is 38.5 Å². The molecule has 0 aromatic heterocycles. The topological polar surface area (TPSA) is 43.1 Å². The third-order valence-electron chi connectivity index (χ3n) is 3.31. The van der Waals surface area contributed by atoms with Crippen molar-refractivity contribution in [3.8, 4) is 0 Å². The Morgan fingerprint density at radius 3 is 1.94 bits per heavy atom. The Labute approximate surface area is 107 Å². The molecule has 0 aliphatic carbocycles. The molecule has 0 saturated heterocycles. The van der Waals surface area contributed by atoms with Crippen LogP contribution >= 0.6 is 0 Å². The van der Waals surface area contributed by atoms with E-state index >= 15 is 0 Å². The lowest BCUT2D eigenvalue weighted by Crippen LogP contribution is -2.42. The van der Waals surface area contributed by atoms with Crippen LogP contribution in [0.5, 0.6) is 0 Å². The van der Waals surface area contributed by atoms with E-state index in [-0.39, 0.29) is 17.2 Å². The first-order chi connectivity index (χ1) is 7.89. The molecule has 2 heteroatoms. The number of hydrogen-bond donors (Lipinski definition) is 1. The number of ketones is 1. The van der Waals surface area contributed by atoms with Gasteiger partial charge >= 0.3 is 0 Å². The van der Waals surface area contributed by atoms with Gasteiger partial charge in [-0.05, 0) is 11.8 Å². The molecule has 17 heavy (non-hydrogen) atoms. The van der Waals surface area contributed by atoms with Crippen LogP contribution in [-0.4, -0.2) is 11.8 Å². The molecule has 0 saturated carbocycles. The molecule has 1 atom stereocenters. The summed E-state index contributed by atoms with van der Waals surface area (Å²) in [7, 11) is 0. The minimum atomic E-state index is -0.303. The number of hydrogen-bond acceptors (Lipinski definition) is 2. The van der Waals surface area contributed by atoms with Gasteiger partial charge < -0.3 is 5.73 Å². The second-order valence-corrected chi connectivity index (χ2v) is 6.18. The second-order valence-electron chi connectivity index (χ2n) is 6.18. The summed E-state index contributed by atoms with van der Waals surface area (Å²) < 4.78 is 0. The lowest BCUT2D eigenvalue weighted by atomic mass is 9.83. The molecular formula is C15H31NO. The van der Waals surface area contributed by atoms with Crippen LogP contribution in [0.4, 0.5) is 0 Å². The molecule has 0 spiro atoms. The van der Waals surface area contributed by atoms with Crippen LogP contribution in [0, 0.1) is 5.41 Å². The highest BCUT2D eigenvalue weighted by Crippen LogP contribution is 2.20. The van der Waals surface area contributed by atoms with Gasteiger partial charge in [-0.1, -0.05) is 66.2 Å². The Morgan fingerprint density at radius 1 is 1.00 bits per heavy atom. The van der Waals surface area contributed by atoms with Crippen molar-refractivity contribution in [2.24, 2.45) is 11.1 Å². The van der Waals surface area contributed by atoms with E-state index in [9.17, 15) is 4.79 Å². The van der Waals surface area contributed by atoms with E-state index in [4.69, 9.17) is 5.73 Å². The Hall–Kier alpha value is -0.370. The fraction of sp³-hybridized carbons (Fsp3) is 0.933. The average molecular weight is 241 g/mol. The summed E-state index contributed by atoms with van der Waals surface area (Å²) in [5.74, 6) is 0.228. The normalized spacial score (nSPS) is 13.7. The standard InChI is InChI=1S/C15H31NO/c1-5-6-7-8-9-10-11-12-13(17)14(16)15(2,3)4/h14H,5-12,16H2,1-4H3. The summed E-state index contributed by atoms with van der Waals surface area (Å²) in [6.45, 7) is 8.31. The summed E-state index contributed by atoms with van der Waals surface area (Å²) in [5.41, 5.74) is 5.83. The summed E-state index contributed by atoms with van der Waals surface area (Å²) in [5, 5.41) is 0. The van der Waals surface area contributed by atoms with Crippen molar-refractivity contribution in [2.45, 2.75) is 85.1 Å². The number of carbonyl (C=O) groups is 1. The third kappa shape index (κ3) is 8.37. The van der Waals surface area contributed by atoms with Gasteiger partial charge in [0, 0.05) is 6.42 Å². The highest BCUT2D eigenvalue weighted by molar-refractivity contribution is 5.84. The van der Waals surface area contributed by atoms with Crippen LogP contribution < -0.4 is 5.73 Å². The number of nitrogens with two attached hydrogens (primary N) is 1. The predicted molar refractivity (Wildman–Crippen MR) is 75.0 cm³/mol. The maximum absolute atomic E-state index is 11.8. The van der Waals surface area contributed by atoms with Gasteiger partial charge in [0.25, 0.3) is 0 Å². The molecule has 0 amide bonds. The molecule has 0 aliphatic heterocycles. The van der Waals surface area contributed by atoms with Gasteiger partial charge in [0.15, 0.2) is 0 Å². The van der Waals surface area contributed by atoms with Gasteiger partial charge in [0.05, 0.1) is 6.04 Å².